The Bertz CT molecular complexity index is 1180. The van der Waals surface area contributed by atoms with Gasteiger partial charge in [0, 0.05) is 17.7 Å². The molecule has 0 heterocycles. The molecule has 0 saturated heterocycles. The summed E-state index contributed by atoms with van der Waals surface area (Å²) < 4.78 is 11.0. The lowest BCUT2D eigenvalue weighted by Gasteiger charge is -2.12. The molecule has 164 valence electrons. The molecule has 3 aromatic carbocycles. The molecule has 0 radical (unpaired) electrons. The van der Waals surface area contributed by atoms with Crippen molar-refractivity contribution in [3.8, 4) is 11.5 Å². The molecule has 7 heteroatoms. The molecule has 0 aliphatic heterocycles. The highest BCUT2D eigenvalue weighted by Crippen LogP contribution is 2.26. The highest BCUT2D eigenvalue weighted by Gasteiger charge is 2.12. The lowest BCUT2D eigenvalue weighted by Crippen LogP contribution is -2.25. The second-order valence-electron chi connectivity index (χ2n) is 6.99. The minimum absolute atomic E-state index is 0.0148. The second-order valence-corrected chi connectivity index (χ2v) is 6.99. The highest BCUT2D eigenvalue weighted by molar-refractivity contribution is 6.19. The van der Waals surface area contributed by atoms with E-state index in [9.17, 15) is 9.59 Å². The Morgan fingerprint density at radius 3 is 2.25 bits per heavy atom. The van der Waals surface area contributed by atoms with E-state index in [4.69, 9.17) is 20.0 Å². The first-order chi connectivity index (χ1) is 15.4. The number of benzene rings is 3. The van der Waals surface area contributed by atoms with Crippen molar-refractivity contribution in [3.63, 3.8) is 0 Å². The number of carbonyl (C=O) groups excluding carboxylic acids is 1. The molecule has 1 amide bonds. The Balaban J connectivity index is 1.69. The number of carboxylic acids is 1. The van der Waals surface area contributed by atoms with Gasteiger partial charge < -0.3 is 19.9 Å². The summed E-state index contributed by atoms with van der Waals surface area (Å²) >= 11 is 0. The van der Waals surface area contributed by atoms with Crippen molar-refractivity contribution in [2.45, 2.75) is 13.3 Å². The van der Waals surface area contributed by atoms with Crippen molar-refractivity contribution < 1.29 is 24.2 Å². The standard InChI is InChI=1S/C25H24N2O5/c1-3-22(19-5-4-18-15-21(31-2)11-8-17(18)14-19)24(26)32-20-9-6-16(7-10-20)25(30)27-13-12-23(28)29/h3-11,14-15,26H,12-13H2,1-2H3,(H,27,30)(H,28,29)/b22-3-,26-24?. The van der Waals surface area contributed by atoms with E-state index in [0.29, 0.717) is 16.9 Å². The number of hydrogen-bond acceptors (Lipinski definition) is 5. The fourth-order valence-electron chi connectivity index (χ4n) is 3.18. The monoisotopic (exact) mass is 432 g/mol. The van der Waals surface area contributed by atoms with Crippen molar-refractivity contribution in [1.29, 1.82) is 5.41 Å². The Kier molecular flexibility index (Phi) is 7.23. The van der Waals surface area contributed by atoms with E-state index in [2.05, 4.69) is 5.32 Å². The van der Waals surface area contributed by atoms with Crippen LogP contribution in [0.1, 0.15) is 29.3 Å². The number of methoxy groups -OCH3 is 1. The van der Waals surface area contributed by atoms with Gasteiger partial charge in [0.05, 0.1) is 13.5 Å². The molecule has 3 N–H and O–H groups in total. The lowest BCUT2D eigenvalue weighted by atomic mass is 10.0. The van der Waals surface area contributed by atoms with Gasteiger partial charge in [-0.2, -0.15) is 0 Å². The minimum Gasteiger partial charge on any atom is -0.497 e. The predicted molar refractivity (Wildman–Crippen MR) is 124 cm³/mol. The van der Waals surface area contributed by atoms with Crippen LogP contribution >= 0.6 is 0 Å². The molecular weight excluding hydrogens is 408 g/mol. The number of hydrogen-bond donors (Lipinski definition) is 3. The maximum atomic E-state index is 12.0. The molecule has 3 aromatic rings. The molecule has 0 unspecified atom stereocenters. The summed E-state index contributed by atoms with van der Waals surface area (Å²) in [5.41, 5.74) is 1.87. The molecule has 3 rings (SSSR count). The number of carbonyl (C=O) groups is 2. The molecule has 0 aliphatic rings. The summed E-state index contributed by atoms with van der Waals surface area (Å²) in [5, 5.41) is 21.7. The van der Waals surface area contributed by atoms with E-state index in [1.54, 1.807) is 31.4 Å². The zero-order valence-electron chi connectivity index (χ0n) is 17.8. The van der Waals surface area contributed by atoms with E-state index in [1.165, 1.54) is 0 Å². The van der Waals surface area contributed by atoms with Gasteiger partial charge in [-0.25, -0.2) is 0 Å². The van der Waals surface area contributed by atoms with Gasteiger partial charge in [0.15, 0.2) is 0 Å². The van der Waals surface area contributed by atoms with Crippen LogP contribution in [0, 0.1) is 5.41 Å². The van der Waals surface area contributed by atoms with Gasteiger partial charge in [-0.3, -0.25) is 15.0 Å². The molecule has 0 saturated carbocycles. The third kappa shape index (κ3) is 5.51. The first kappa shape index (κ1) is 22.6. The van der Waals surface area contributed by atoms with Crippen LogP contribution in [0.5, 0.6) is 11.5 Å². The number of aliphatic carboxylic acids is 1. The van der Waals surface area contributed by atoms with Crippen LogP contribution in [0.4, 0.5) is 0 Å². The maximum Gasteiger partial charge on any atom is 0.305 e. The number of fused-ring (bicyclic) bond motifs is 1. The van der Waals surface area contributed by atoms with Crippen molar-refractivity contribution in [2.24, 2.45) is 0 Å². The van der Waals surface area contributed by atoms with E-state index in [-0.39, 0.29) is 24.8 Å². The predicted octanol–water partition coefficient (Wildman–Crippen LogP) is 4.51. The van der Waals surface area contributed by atoms with Gasteiger partial charge in [-0.1, -0.05) is 24.3 Å². The highest BCUT2D eigenvalue weighted by atomic mass is 16.5. The van der Waals surface area contributed by atoms with Gasteiger partial charge in [0.1, 0.15) is 11.5 Å². The van der Waals surface area contributed by atoms with E-state index in [0.717, 1.165) is 22.1 Å². The summed E-state index contributed by atoms with van der Waals surface area (Å²) in [6.45, 7) is 1.90. The first-order valence-corrected chi connectivity index (χ1v) is 10.0. The van der Waals surface area contributed by atoms with Crippen LogP contribution in [0.2, 0.25) is 0 Å². The number of allylic oxidation sites excluding steroid dienone is 1. The summed E-state index contributed by atoms with van der Waals surface area (Å²) in [6, 6.07) is 18.0. The number of ether oxygens (including phenoxy) is 2. The van der Waals surface area contributed by atoms with Crippen LogP contribution in [-0.2, 0) is 4.79 Å². The smallest absolute Gasteiger partial charge is 0.305 e. The minimum atomic E-state index is -0.974. The number of nitrogens with one attached hydrogen (secondary N) is 2. The Morgan fingerprint density at radius 2 is 1.59 bits per heavy atom. The van der Waals surface area contributed by atoms with Gasteiger partial charge in [-0.15, -0.1) is 0 Å². The maximum absolute atomic E-state index is 12.0. The Labute approximate surface area is 185 Å². The molecule has 32 heavy (non-hydrogen) atoms. The SMILES string of the molecule is C/C=C(\C(=N)Oc1ccc(C(=O)NCCC(=O)O)cc1)c1ccc2cc(OC)ccc2c1. The zero-order valence-corrected chi connectivity index (χ0v) is 17.8. The van der Waals surface area contributed by atoms with Gasteiger partial charge >= 0.3 is 5.97 Å². The summed E-state index contributed by atoms with van der Waals surface area (Å²) in [6.07, 6.45) is 1.68. The second kappa shape index (κ2) is 10.3. The van der Waals surface area contributed by atoms with E-state index in [1.807, 2.05) is 49.4 Å². The lowest BCUT2D eigenvalue weighted by molar-refractivity contribution is -0.136. The average Bonchev–Trinajstić information content (AvgIpc) is 2.79. The third-order valence-electron chi connectivity index (χ3n) is 4.85. The topological polar surface area (TPSA) is 109 Å². The first-order valence-electron chi connectivity index (χ1n) is 10.0. The molecule has 0 aliphatic carbocycles. The zero-order chi connectivity index (χ0) is 23.1. The summed E-state index contributed by atoms with van der Waals surface area (Å²) in [5.74, 6) is -0.152. The number of carboxylic acid groups (broad SMARTS) is 1. The van der Waals surface area contributed by atoms with Crippen LogP contribution in [0.15, 0.2) is 66.7 Å². The average molecular weight is 432 g/mol. The van der Waals surface area contributed by atoms with Gasteiger partial charge in [0.2, 0.25) is 5.90 Å². The molecule has 0 fully saturated rings. The van der Waals surface area contributed by atoms with Crippen molar-refractivity contribution in [2.75, 3.05) is 13.7 Å². The number of rotatable bonds is 8. The van der Waals surface area contributed by atoms with Gasteiger partial charge in [-0.05, 0) is 65.7 Å². The van der Waals surface area contributed by atoms with Crippen LogP contribution in [0.3, 0.4) is 0 Å². The quantitative estimate of drug-likeness (QED) is 0.358. The largest absolute Gasteiger partial charge is 0.497 e. The van der Waals surface area contributed by atoms with Gasteiger partial charge in [0.25, 0.3) is 5.91 Å². The van der Waals surface area contributed by atoms with Crippen LogP contribution < -0.4 is 14.8 Å². The number of amides is 1. The fraction of sp³-hybridized carbons (Fsp3) is 0.160. The molecule has 0 bridgehead atoms. The van der Waals surface area contributed by atoms with Crippen LogP contribution in [0.25, 0.3) is 16.3 Å². The van der Waals surface area contributed by atoms with E-state index >= 15 is 0 Å². The molecule has 7 nitrogen and oxygen atoms in total. The molecule has 0 spiro atoms. The Hall–Kier alpha value is -4.13. The van der Waals surface area contributed by atoms with Crippen molar-refractivity contribution in [3.05, 3.63) is 77.9 Å². The van der Waals surface area contributed by atoms with Crippen molar-refractivity contribution >= 4 is 34.1 Å². The molecule has 0 atom stereocenters. The summed E-state index contributed by atoms with van der Waals surface area (Å²) in [4.78, 5) is 22.6. The van der Waals surface area contributed by atoms with E-state index < -0.39 is 5.97 Å². The summed E-state index contributed by atoms with van der Waals surface area (Å²) in [7, 11) is 1.63. The Morgan fingerprint density at radius 1 is 0.969 bits per heavy atom. The fourth-order valence-corrected chi connectivity index (χ4v) is 3.18. The normalized spacial score (nSPS) is 11.1. The third-order valence-corrected chi connectivity index (χ3v) is 4.85. The van der Waals surface area contributed by atoms with Crippen LogP contribution in [-0.4, -0.2) is 36.5 Å². The van der Waals surface area contributed by atoms with Crippen molar-refractivity contribution in [1.82, 2.24) is 5.32 Å². The molecule has 0 aromatic heterocycles. The molecular formula is C25H24N2O5.